The third-order valence-corrected chi connectivity index (χ3v) is 3.62. The average Bonchev–Trinajstić information content (AvgIpc) is 3.26. The van der Waals surface area contributed by atoms with E-state index in [1.807, 2.05) is 12.1 Å². The number of aromatic nitrogens is 5. The summed E-state index contributed by atoms with van der Waals surface area (Å²) < 4.78 is 6.78. The average molecular weight is 336 g/mol. The molecule has 25 heavy (non-hydrogen) atoms. The summed E-state index contributed by atoms with van der Waals surface area (Å²) in [4.78, 5) is 13.0. The van der Waals surface area contributed by atoms with Crippen LogP contribution in [0.3, 0.4) is 0 Å². The Balaban J connectivity index is 1.51. The van der Waals surface area contributed by atoms with Crippen LogP contribution in [-0.4, -0.2) is 31.1 Å². The maximum atomic E-state index is 6.05. The number of nitrogens with one attached hydrogen (secondary N) is 1. The van der Waals surface area contributed by atoms with Crippen molar-refractivity contribution in [3.8, 4) is 11.6 Å². The van der Waals surface area contributed by atoms with E-state index in [-0.39, 0.29) is 0 Å². The van der Waals surface area contributed by atoms with E-state index in [1.54, 1.807) is 30.7 Å². The van der Waals surface area contributed by atoms with Crippen molar-refractivity contribution in [2.75, 3.05) is 23.3 Å². The van der Waals surface area contributed by atoms with Gasteiger partial charge in [0.05, 0.1) is 18.1 Å². The van der Waals surface area contributed by atoms with Gasteiger partial charge in [0.1, 0.15) is 11.6 Å². The Morgan fingerprint density at radius 1 is 1.16 bits per heavy atom. The molecule has 0 saturated carbocycles. The van der Waals surface area contributed by atoms with Crippen molar-refractivity contribution < 1.29 is 4.42 Å². The van der Waals surface area contributed by atoms with Gasteiger partial charge in [-0.3, -0.25) is 4.98 Å². The number of anilines is 3. The fourth-order valence-electron chi connectivity index (χ4n) is 2.39. The predicted octanol–water partition coefficient (Wildman–Crippen LogP) is 1.60. The quantitative estimate of drug-likeness (QED) is 0.500. The lowest BCUT2D eigenvalue weighted by molar-refractivity contribution is 0.577. The SMILES string of the molecule is Nc1ccc(CCNc2cc(N)n3nc(-c4ccco4)nc3n2)nc1. The minimum Gasteiger partial charge on any atom is -0.461 e. The number of nitrogens with two attached hydrogens (primary N) is 2. The van der Waals surface area contributed by atoms with Crippen LogP contribution in [0.25, 0.3) is 17.4 Å². The maximum Gasteiger partial charge on any atom is 0.256 e. The van der Waals surface area contributed by atoms with Gasteiger partial charge in [-0.25, -0.2) is 0 Å². The Labute approximate surface area is 142 Å². The monoisotopic (exact) mass is 336 g/mol. The Kier molecular flexibility index (Phi) is 3.65. The van der Waals surface area contributed by atoms with E-state index in [2.05, 4.69) is 25.4 Å². The van der Waals surface area contributed by atoms with Gasteiger partial charge in [0.2, 0.25) is 5.82 Å². The highest BCUT2D eigenvalue weighted by Gasteiger charge is 2.12. The van der Waals surface area contributed by atoms with Crippen LogP contribution < -0.4 is 16.8 Å². The molecule has 0 aromatic carbocycles. The lowest BCUT2D eigenvalue weighted by Gasteiger charge is -2.06. The second-order valence-electron chi connectivity index (χ2n) is 5.45. The van der Waals surface area contributed by atoms with Crippen molar-refractivity contribution in [1.82, 2.24) is 24.6 Å². The Morgan fingerprint density at radius 3 is 2.84 bits per heavy atom. The molecule has 0 aliphatic heterocycles. The number of furan rings is 1. The van der Waals surface area contributed by atoms with Crippen molar-refractivity contribution in [3.63, 3.8) is 0 Å². The topological polar surface area (TPSA) is 133 Å². The van der Waals surface area contributed by atoms with Crippen molar-refractivity contribution >= 4 is 23.1 Å². The van der Waals surface area contributed by atoms with Gasteiger partial charge >= 0.3 is 0 Å². The Bertz CT molecular complexity index is 991. The van der Waals surface area contributed by atoms with Gasteiger partial charge in [-0.15, -0.1) is 5.10 Å². The van der Waals surface area contributed by atoms with Gasteiger partial charge in [-0.2, -0.15) is 14.5 Å². The minimum absolute atomic E-state index is 0.402. The number of hydrogen-bond acceptors (Lipinski definition) is 8. The first kappa shape index (κ1) is 14.9. The summed E-state index contributed by atoms with van der Waals surface area (Å²) in [6.45, 7) is 0.651. The number of hydrogen-bond donors (Lipinski definition) is 3. The molecule has 0 amide bonds. The zero-order valence-corrected chi connectivity index (χ0v) is 13.3. The normalized spacial score (nSPS) is 11.0. The third-order valence-electron chi connectivity index (χ3n) is 3.62. The Morgan fingerprint density at radius 2 is 2.08 bits per heavy atom. The van der Waals surface area contributed by atoms with Crippen LogP contribution in [-0.2, 0) is 6.42 Å². The number of rotatable bonds is 5. The van der Waals surface area contributed by atoms with Gasteiger partial charge in [0.25, 0.3) is 5.78 Å². The molecule has 0 unspecified atom stereocenters. The summed E-state index contributed by atoms with van der Waals surface area (Å²) in [5.41, 5.74) is 13.3. The fourth-order valence-corrected chi connectivity index (χ4v) is 2.39. The second-order valence-corrected chi connectivity index (χ2v) is 5.45. The van der Waals surface area contributed by atoms with Gasteiger partial charge in [-0.05, 0) is 24.3 Å². The van der Waals surface area contributed by atoms with E-state index in [0.29, 0.717) is 41.2 Å². The molecule has 4 aromatic rings. The van der Waals surface area contributed by atoms with Crippen molar-refractivity contribution in [3.05, 3.63) is 48.5 Å². The van der Waals surface area contributed by atoms with E-state index in [0.717, 1.165) is 12.1 Å². The first-order valence-corrected chi connectivity index (χ1v) is 7.70. The molecule has 5 N–H and O–H groups in total. The van der Waals surface area contributed by atoms with Gasteiger partial charge in [0.15, 0.2) is 5.76 Å². The molecule has 9 nitrogen and oxygen atoms in total. The zero-order chi connectivity index (χ0) is 17.2. The Hall–Kier alpha value is -3.62. The summed E-state index contributed by atoms with van der Waals surface area (Å²) in [5.74, 6) is 2.46. The first-order valence-electron chi connectivity index (χ1n) is 7.70. The van der Waals surface area contributed by atoms with Crippen molar-refractivity contribution in [1.29, 1.82) is 0 Å². The predicted molar refractivity (Wildman–Crippen MR) is 93.7 cm³/mol. The standard InChI is InChI=1S/C16H16N8O/c17-10-3-4-11(20-9-10)5-6-19-14-8-13(18)24-16(21-14)22-15(23-24)12-2-1-7-25-12/h1-4,7-9H,5-6,17-18H2,(H,19,21,22,23). The molecule has 4 aromatic heterocycles. The highest BCUT2D eigenvalue weighted by molar-refractivity contribution is 5.56. The van der Waals surface area contributed by atoms with E-state index in [9.17, 15) is 0 Å². The molecule has 0 spiro atoms. The molecule has 0 saturated heterocycles. The molecule has 4 heterocycles. The lowest BCUT2D eigenvalue weighted by Crippen LogP contribution is -2.09. The number of nitrogen functional groups attached to an aromatic ring is 2. The van der Waals surface area contributed by atoms with Gasteiger partial charge in [-0.1, -0.05) is 0 Å². The van der Waals surface area contributed by atoms with Crippen molar-refractivity contribution in [2.24, 2.45) is 0 Å². The molecule has 0 aliphatic carbocycles. The second kappa shape index (κ2) is 6.11. The van der Waals surface area contributed by atoms with Crippen molar-refractivity contribution in [2.45, 2.75) is 6.42 Å². The fraction of sp³-hybridized carbons (Fsp3) is 0.125. The molecule has 9 heteroatoms. The molecule has 0 bridgehead atoms. The molecule has 0 radical (unpaired) electrons. The number of fused-ring (bicyclic) bond motifs is 1. The molecular weight excluding hydrogens is 320 g/mol. The van der Waals surface area contributed by atoms with E-state index in [1.165, 1.54) is 4.52 Å². The minimum atomic E-state index is 0.402. The van der Waals surface area contributed by atoms with Crippen LogP contribution in [0.2, 0.25) is 0 Å². The number of pyridine rings is 1. The van der Waals surface area contributed by atoms with Gasteiger partial charge in [0, 0.05) is 24.7 Å². The highest BCUT2D eigenvalue weighted by Crippen LogP contribution is 2.19. The molecule has 4 rings (SSSR count). The van der Waals surface area contributed by atoms with Gasteiger partial charge < -0.3 is 21.2 Å². The van der Waals surface area contributed by atoms with Crippen LogP contribution in [0.4, 0.5) is 17.3 Å². The van der Waals surface area contributed by atoms with Crippen LogP contribution in [0.15, 0.2) is 47.2 Å². The summed E-state index contributed by atoms with van der Waals surface area (Å²) in [6.07, 6.45) is 3.94. The highest BCUT2D eigenvalue weighted by atomic mass is 16.3. The number of nitrogens with zero attached hydrogens (tertiary/aromatic N) is 5. The molecular formula is C16H16N8O. The van der Waals surface area contributed by atoms with Crippen LogP contribution in [0.1, 0.15) is 5.69 Å². The van der Waals surface area contributed by atoms with E-state index >= 15 is 0 Å². The first-order chi connectivity index (χ1) is 12.2. The largest absolute Gasteiger partial charge is 0.461 e. The summed E-state index contributed by atoms with van der Waals surface area (Å²) in [7, 11) is 0. The smallest absolute Gasteiger partial charge is 0.256 e. The molecule has 0 aliphatic rings. The summed E-state index contributed by atoms with van der Waals surface area (Å²) in [5, 5.41) is 7.52. The lowest BCUT2D eigenvalue weighted by atomic mass is 10.2. The summed E-state index contributed by atoms with van der Waals surface area (Å²) >= 11 is 0. The zero-order valence-electron chi connectivity index (χ0n) is 13.3. The molecule has 0 atom stereocenters. The van der Waals surface area contributed by atoms with E-state index < -0.39 is 0 Å². The molecule has 0 fully saturated rings. The van der Waals surface area contributed by atoms with Crippen LogP contribution in [0, 0.1) is 0 Å². The molecule has 126 valence electrons. The van der Waals surface area contributed by atoms with E-state index in [4.69, 9.17) is 15.9 Å². The van der Waals surface area contributed by atoms with Crippen LogP contribution >= 0.6 is 0 Å². The van der Waals surface area contributed by atoms with Crippen LogP contribution in [0.5, 0.6) is 0 Å². The maximum absolute atomic E-state index is 6.05. The summed E-state index contributed by atoms with van der Waals surface area (Å²) in [6, 6.07) is 9.00. The third kappa shape index (κ3) is 3.07.